The zero-order valence-corrected chi connectivity index (χ0v) is 18.1. The van der Waals surface area contributed by atoms with Gasteiger partial charge in [0.15, 0.2) is 11.7 Å². The third-order valence-corrected chi connectivity index (χ3v) is 6.32. The zero-order chi connectivity index (χ0) is 20.6. The fourth-order valence-electron chi connectivity index (χ4n) is 4.61. The van der Waals surface area contributed by atoms with Gasteiger partial charge in [-0.15, -0.1) is 0 Å². The maximum absolute atomic E-state index is 5.33. The van der Waals surface area contributed by atoms with Crippen LogP contribution in [0, 0.1) is 5.92 Å². The van der Waals surface area contributed by atoms with Gasteiger partial charge in [-0.2, -0.15) is 5.10 Å². The second-order valence-corrected chi connectivity index (χ2v) is 8.56. The Morgan fingerprint density at radius 2 is 2.07 bits per heavy atom. The summed E-state index contributed by atoms with van der Waals surface area (Å²) in [6.45, 7) is 4.43. The molecule has 2 aromatic heterocycles. The Balaban J connectivity index is 1.15. The molecule has 1 aliphatic heterocycles. The average molecular weight is 414 g/mol. The topological polar surface area (TPSA) is 94.4 Å². The van der Waals surface area contributed by atoms with Gasteiger partial charge in [-0.25, -0.2) is 4.98 Å². The molecule has 3 N–H and O–H groups in total. The predicted octanol–water partition coefficient (Wildman–Crippen LogP) is 2.82. The second kappa shape index (κ2) is 10.6. The highest BCUT2D eigenvalue weighted by molar-refractivity contribution is 5.79. The minimum atomic E-state index is 0.495. The lowest BCUT2D eigenvalue weighted by Gasteiger charge is -2.36. The molecule has 2 fully saturated rings. The largest absolute Gasteiger partial charge is 0.461 e. The van der Waals surface area contributed by atoms with E-state index in [2.05, 4.69) is 35.7 Å². The van der Waals surface area contributed by atoms with Crippen molar-refractivity contribution in [1.82, 2.24) is 30.7 Å². The predicted molar refractivity (Wildman–Crippen MR) is 118 cm³/mol. The molecule has 8 heteroatoms. The highest BCUT2D eigenvalue weighted by Crippen LogP contribution is 2.25. The molecule has 2 aromatic rings. The Labute approximate surface area is 178 Å². The Kier molecular flexibility index (Phi) is 7.39. The lowest BCUT2D eigenvalue weighted by molar-refractivity contribution is 0.160. The molecule has 1 aliphatic carbocycles. The fraction of sp³-hybridized carbons (Fsp3) is 0.682. The van der Waals surface area contributed by atoms with E-state index in [0.29, 0.717) is 17.6 Å². The maximum Gasteiger partial charge on any atom is 0.216 e. The van der Waals surface area contributed by atoms with Crippen LogP contribution in [0.4, 0.5) is 0 Å². The summed E-state index contributed by atoms with van der Waals surface area (Å²) in [4.78, 5) is 11.5. The summed E-state index contributed by atoms with van der Waals surface area (Å²) in [5.74, 6) is 3.91. The van der Waals surface area contributed by atoms with Crippen LogP contribution in [0.25, 0.3) is 11.6 Å². The van der Waals surface area contributed by atoms with Crippen molar-refractivity contribution in [2.24, 2.45) is 10.9 Å². The minimum Gasteiger partial charge on any atom is -0.461 e. The van der Waals surface area contributed by atoms with Crippen LogP contribution in [0.3, 0.4) is 0 Å². The summed E-state index contributed by atoms with van der Waals surface area (Å²) in [6.07, 6.45) is 11.9. The minimum absolute atomic E-state index is 0.495. The molecule has 1 saturated heterocycles. The van der Waals surface area contributed by atoms with E-state index in [1.807, 2.05) is 19.2 Å². The van der Waals surface area contributed by atoms with Crippen molar-refractivity contribution < 1.29 is 4.42 Å². The number of likely N-dealkylation sites (tertiary alicyclic amines) is 1. The van der Waals surface area contributed by atoms with Crippen LogP contribution in [-0.4, -0.2) is 65.3 Å². The van der Waals surface area contributed by atoms with Crippen molar-refractivity contribution in [2.75, 3.05) is 33.2 Å². The van der Waals surface area contributed by atoms with Crippen LogP contribution >= 0.6 is 0 Å². The number of nitrogens with zero attached hydrogens (tertiary/aromatic N) is 4. The molecule has 4 rings (SSSR count). The zero-order valence-electron chi connectivity index (χ0n) is 18.1. The van der Waals surface area contributed by atoms with Crippen molar-refractivity contribution in [1.29, 1.82) is 0 Å². The normalized spacial score (nSPS) is 19.8. The molecule has 0 spiro atoms. The van der Waals surface area contributed by atoms with Crippen LogP contribution in [0.5, 0.6) is 0 Å². The average Bonchev–Trinajstić information content (AvgIpc) is 3.47. The third kappa shape index (κ3) is 5.84. The van der Waals surface area contributed by atoms with E-state index < -0.39 is 0 Å². The van der Waals surface area contributed by atoms with E-state index in [1.165, 1.54) is 64.6 Å². The highest BCUT2D eigenvalue weighted by atomic mass is 16.3. The van der Waals surface area contributed by atoms with Crippen molar-refractivity contribution in [3.8, 4) is 11.6 Å². The molecule has 1 saturated carbocycles. The van der Waals surface area contributed by atoms with Crippen LogP contribution < -0.4 is 10.6 Å². The van der Waals surface area contributed by atoms with E-state index in [4.69, 9.17) is 4.42 Å². The van der Waals surface area contributed by atoms with E-state index in [1.54, 1.807) is 6.26 Å². The Morgan fingerprint density at radius 3 is 2.80 bits per heavy atom. The van der Waals surface area contributed by atoms with Crippen LogP contribution in [0.2, 0.25) is 0 Å². The first-order valence-electron chi connectivity index (χ1n) is 11.4. The number of hydrogen-bond acceptors (Lipinski definition) is 5. The van der Waals surface area contributed by atoms with E-state index in [0.717, 1.165) is 30.7 Å². The van der Waals surface area contributed by atoms with Gasteiger partial charge in [-0.05, 0) is 43.7 Å². The number of rotatable bonds is 7. The molecular formula is C22H35N7O. The molecule has 8 nitrogen and oxygen atoms in total. The molecule has 0 aromatic carbocycles. The third-order valence-electron chi connectivity index (χ3n) is 6.32. The quantitative estimate of drug-likeness (QED) is 0.477. The summed E-state index contributed by atoms with van der Waals surface area (Å²) < 4.78 is 5.33. The molecule has 0 unspecified atom stereocenters. The molecule has 164 valence electrons. The highest BCUT2D eigenvalue weighted by Gasteiger charge is 2.23. The fourth-order valence-corrected chi connectivity index (χ4v) is 4.61. The van der Waals surface area contributed by atoms with Crippen molar-refractivity contribution in [3.05, 3.63) is 24.2 Å². The van der Waals surface area contributed by atoms with Gasteiger partial charge in [0.25, 0.3) is 0 Å². The van der Waals surface area contributed by atoms with E-state index in [-0.39, 0.29) is 0 Å². The molecule has 30 heavy (non-hydrogen) atoms. The van der Waals surface area contributed by atoms with Gasteiger partial charge in [0, 0.05) is 45.7 Å². The lowest BCUT2D eigenvalue weighted by Crippen LogP contribution is -2.49. The first-order chi connectivity index (χ1) is 14.8. The molecule has 3 heterocycles. The number of aromatic nitrogens is 3. The molecule has 2 aliphatic rings. The summed E-state index contributed by atoms with van der Waals surface area (Å²) in [5, 5.41) is 14.2. The number of furan rings is 1. The SMILES string of the molecule is CN=C(NCCc1nc(-c2ccco2)n[nH]1)NC1CCN(CC2CCCCC2)CC1. The number of piperidine rings is 1. The van der Waals surface area contributed by atoms with Gasteiger partial charge < -0.3 is 20.0 Å². The van der Waals surface area contributed by atoms with Gasteiger partial charge in [-0.3, -0.25) is 10.1 Å². The summed E-state index contributed by atoms with van der Waals surface area (Å²) in [6, 6.07) is 4.19. The van der Waals surface area contributed by atoms with Gasteiger partial charge in [0.05, 0.1) is 6.26 Å². The summed E-state index contributed by atoms with van der Waals surface area (Å²) >= 11 is 0. The molecule has 0 bridgehead atoms. The molecule has 0 atom stereocenters. The standard InChI is InChI=1S/C22H35N7O/c1-23-22(24-12-9-20-26-21(28-27-20)19-8-5-15-30-19)25-18-10-13-29(14-11-18)16-17-6-3-2-4-7-17/h5,8,15,17-18H,2-4,6-7,9-14,16H2,1H3,(H2,23,24,25)(H,26,27,28). The van der Waals surface area contributed by atoms with Crippen molar-refractivity contribution in [3.63, 3.8) is 0 Å². The lowest BCUT2D eigenvalue weighted by atomic mass is 9.88. The van der Waals surface area contributed by atoms with Gasteiger partial charge >= 0.3 is 0 Å². The first-order valence-corrected chi connectivity index (χ1v) is 11.4. The van der Waals surface area contributed by atoms with Gasteiger partial charge in [0.2, 0.25) is 5.82 Å². The van der Waals surface area contributed by atoms with E-state index in [9.17, 15) is 0 Å². The first kappa shape index (κ1) is 20.9. The number of aromatic amines is 1. The van der Waals surface area contributed by atoms with Gasteiger partial charge in [-0.1, -0.05) is 19.3 Å². The summed E-state index contributed by atoms with van der Waals surface area (Å²) in [7, 11) is 1.83. The van der Waals surface area contributed by atoms with Gasteiger partial charge in [0.1, 0.15) is 5.82 Å². The number of guanidine groups is 1. The molecule has 0 amide bonds. The van der Waals surface area contributed by atoms with Crippen LogP contribution in [0.1, 0.15) is 50.8 Å². The molecular weight excluding hydrogens is 378 g/mol. The Hall–Kier alpha value is -2.35. The Morgan fingerprint density at radius 1 is 1.23 bits per heavy atom. The van der Waals surface area contributed by atoms with Crippen LogP contribution in [0.15, 0.2) is 27.8 Å². The summed E-state index contributed by atoms with van der Waals surface area (Å²) in [5.41, 5.74) is 0. The van der Waals surface area contributed by atoms with E-state index >= 15 is 0 Å². The molecule has 0 radical (unpaired) electrons. The second-order valence-electron chi connectivity index (χ2n) is 8.56. The number of H-pyrrole nitrogens is 1. The van der Waals surface area contributed by atoms with Crippen LogP contribution in [-0.2, 0) is 6.42 Å². The number of aliphatic imine (C=N–C) groups is 1. The Bertz CT molecular complexity index is 771. The van der Waals surface area contributed by atoms with Crippen molar-refractivity contribution >= 4 is 5.96 Å². The number of nitrogens with one attached hydrogen (secondary N) is 3. The maximum atomic E-state index is 5.33. The van der Waals surface area contributed by atoms with Crippen molar-refractivity contribution in [2.45, 2.75) is 57.4 Å². The monoisotopic (exact) mass is 413 g/mol. The smallest absolute Gasteiger partial charge is 0.216 e. The number of hydrogen-bond donors (Lipinski definition) is 3.